The summed E-state index contributed by atoms with van der Waals surface area (Å²) in [6, 6.07) is 0. The maximum atomic E-state index is 10.6. The molecule has 4 nitrogen and oxygen atoms in total. The van der Waals surface area contributed by atoms with E-state index in [1.807, 2.05) is 0 Å². The third-order valence-corrected chi connectivity index (χ3v) is 1.40. The summed E-state index contributed by atoms with van der Waals surface area (Å²) < 4.78 is 4.33. The van der Waals surface area contributed by atoms with Crippen molar-refractivity contribution < 1.29 is 14.6 Å². The highest BCUT2D eigenvalue weighted by Gasteiger charge is 2.43. The van der Waals surface area contributed by atoms with Gasteiger partial charge in [0.25, 0.3) is 0 Å². The van der Waals surface area contributed by atoms with Gasteiger partial charge in [-0.05, 0) is 0 Å². The number of esters is 1. The lowest BCUT2D eigenvalue weighted by molar-refractivity contribution is -0.167. The molecule has 0 aromatic carbocycles. The van der Waals surface area contributed by atoms with Crippen LogP contribution in [-0.2, 0) is 9.53 Å². The van der Waals surface area contributed by atoms with Crippen molar-refractivity contribution >= 4 is 5.97 Å². The molecule has 2 N–H and O–H groups in total. The third-order valence-electron chi connectivity index (χ3n) is 1.40. The summed E-state index contributed by atoms with van der Waals surface area (Å²) in [7, 11) is 1.26. The molecule has 0 bridgehead atoms. The normalized spacial score (nSPS) is 22.4. The first-order chi connectivity index (χ1) is 4.19. The van der Waals surface area contributed by atoms with E-state index in [1.54, 1.807) is 0 Å². The number of rotatable bonds is 1. The molecular formula is C5H9NO3. The Morgan fingerprint density at radius 2 is 2.33 bits per heavy atom. The number of ether oxygens (including phenoxy) is 1. The van der Waals surface area contributed by atoms with Crippen LogP contribution in [0.5, 0.6) is 0 Å². The maximum Gasteiger partial charge on any atom is 0.340 e. The largest absolute Gasteiger partial charge is 0.467 e. The van der Waals surface area contributed by atoms with Crippen molar-refractivity contribution in [2.45, 2.75) is 5.60 Å². The molecular weight excluding hydrogens is 122 g/mol. The lowest BCUT2D eigenvalue weighted by atomic mass is 9.98. The minimum Gasteiger partial charge on any atom is -0.467 e. The number of aliphatic hydroxyl groups is 1. The molecule has 0 aromatic rings. The van der Waals surface area contributed by atoms with Gasteiger partial charge in [-0.3, -0.25) is 0 Å². The molecule has 0 atom stereocenters. The topological polar surface area (TPSA) is 58.6 Å². The summed E-state index contributed by atoms with van der Waals surface area (Å²) in [6.07, 6.45) is 0. The molecule has 0 aliphatic carbocycles. The van der Waals surface area contributed by atoms with Gasteiger partial charge in [0.15, 0.2) is 5.60 Å². The minimum atomic E-state index is -1.24. The number of hydrogen-bond acceptors (Lipinski definition) is 4. The first kappa shape index (κ1) is 6.51. The van der Waals surface area contributed by atoms with E-state index in [-0.39, 0.29) is 0 Å². The molecule has 0 aromatic heterocycles. The van der Waals surface area contributed by atoms with E-state index >= 15 is 0 Å². The van der Waals surface area contributed by atoms with Gasteiger partial charge in [0, 0.05) is 13.1 Å². The number of β-amino-alcohol motifs (C(OH)–C–C–N with tert-alkyl or cyclic N) is 1. The van der Waals surface area contributed by atoms with Gasteiger partial charge in [-0.25, -0.2) is 4.79 Å². The van der Waals surface area contributed by atoms with Crippen LogP contribution in [0, 0.1) is 0 Å². The second kappa shape index (κ2) is 1.97. The highest BCUT2D eigenvalue weighted by molar-refractivity contribution is 5.81. The summed E-state index contributed by atoms with van der Waals surface area (Å²) in [5.74, 6) is -0.554. The fourth-order valence-corrected chi connectivity index (χ4v) is 0.696. The summed E-state index contributed by atoms with van der Waals surface area (Å²) in [5.41, 5.74) is -1.24. The zero-order valence-electron chi connectivity index (χ0n) is 5.18. The zero-order chi connectivity index (χ0) is 6.91. The van der Waals surface area contributed by atoms with Gasteiger partial charge in [0.2, 0.25) is 0 Å². The molecule has 0 saturated carbocycles. The van der Waals surface area contributed by atoms with Crippen molar-refractivity contribution in [3.8, 4) is 0 Å². The van der Waals surface area contributed by atoms with Crippen LogP contribution in [0.1, 0.15) is 0 Å². The smallest absolute Gasteiger partial charge is 0.340 e. The lowest BCUT2D eigenvalue weighted by Crippen LogP contribution is -2.64. The van der Waals surface area contributed by atoms with Crippen molar-refractivity contribution in [1.82, 2.24) is 5.32 Å². The quantitative estimate of drug-likeness (QED) is 0.425. The summed E-state index contributed by atoms with van der Waals surface area (Å²) in [6.45, 7) is 0.610. The Morgan fingerprint density at radius 1 is 1.78 bits per heavy atom. The molecule has 0 amide bonds. The summed E-state index contributed by atoms with van der Waals surface area (Å²) in [5, 5.41) is 11.9. The van der Waals surface area contributed by atoms with Crippen LogP contribution in [0.4, 0.5) is 0 Å². The Balaban J connectivity index is 2.49. The summed E-state index contributed by atoms with van der Waals surface area (Å²) in [4.78, 5) is 10.6. The Kier molecular flexibility index (Phi) is 1.42. The van der Waals surface area contributed by atoms with E-state index in [4.69, 9.17) is 5.11 Å². The van der Waals surface area contributed by atoms with Crippen LogP contribution in [0.15, 0.2) is 0 Å². The molecule has 1 aliphatic heterocycles. The lowest BCUT2D eigenvalue weighted by Gasteiger charge is -2.34. The summed E-state index contributed by atoms with van der Waals surface area (Å²) >= 11 is 0. The average Bonchev–Trinajstić information content (AvgIpc) is 1.81. The number of carbonyl (C=O) groups excluding carboxylic acids is 1. The predicted molar refractivity (Wildman–Crippen MR) is 29.8 cm³/mol. The van der Waals surface area contributed by atoms with Crippen LogP contribution < -0.4 is 5.32 Å². The van der Waals surface area contributed by atoms with Crippen LogP contribution in [0.3, 0.4) is 0 Å². The highest BCUT2D eigenvalue weighted by atomic mass is 16.5. The number of hydrogen-bond donors (Lipinski definition) is 2. The molecule has 52 valence electrons. The maximum absolute atomic E-state index is 10.6. The van der Waals surface area contributed by atoms with Gasteiger partial charge in [0.05, 0.1) is 7.11 Å². The van der Waals surface area contributed by atoms with Crippen LogP contribution in [0.2, 0.25) is 0 Å². The van der Waals surface area contributed by atoms with Gasteiger partial charge in [-0.15, -0.1) is 0 Å². The molecule has 1 rings (SSSR count). The van der Waals surface area contributed by atoms with E-state index in [1.165, 1.54) is 7.11 Å². The van der Waals surface area contributed by atoms with Crippen LogP contribution in [-0.4, -0.2) is 36.9 Å². The first-order valence-corrected chi connectivity index (χ1v) is 2.70. The van der Waals surface area contributed by atoms with E-state index in [9.17, 15) is 4.79 Å². The van der Waals surface area contributed by atoms with Gasteiger partial charge in [-0.1, -0.05) is 0 Å². The fraction of sp³-hybridized carbons (Fsp3) is 0.800. The Bertz CT molecular complexity index is 130. The molecule has 1 saturated heterocycles. The van der Waals surface area contributed by atoms with Gasteiger partial charge in [-0.2, -0.15) is 0 Å². The fourth-order valence-electron chi connectivity index (χ4n) is 0.696. The van der Waals surface area contributed by atoms with Crippen molar-refractivity contribution in [2.75, 3.05) is 20.2 Å². The standard InChI is InChI=1S/C5H9NO3/c1-9-4(7)5(8)2-6-3-5/h6,8H,2-3H2,1H3. The van der Waals surface area contributed by atoms with Crippen molar-refractivity contribution in [1.29, 1.82) is 0 Å². The third kappa shape index (κ3) is 0.906. The Labute approximate surface area is 52.8 Å². The number of nitrogens with one attached hydrogen (secondary N) is 1. The van der Waals surface area contributed by atoms with E-state index in [0.29, 0.717) is 13.1 Å². The molecule has 1 heterocycles. The van der Waals surface area contributed by atoms with Crippen molar-refractivity contribution in [3.63, 3.8) is 0 Å². The zero-order valence-corrected chi connectivity index (χ0v) is 5.18. The molecule has 4 heteroatoms. The Hall–Kier alpha value is -0.610. The average molecular weight is 131 g/mol. The van der Waals surface area contributed by atoms with Crippen LogP contribution in [0.25, 0.3) is 0 Å². The van der Waals surface area contributed by atoms with E-state index in [2.05, 4.69) is 10.1 Å². The van der Waals surface area contributed by atoms with E-state index in [0.717, 1.165) is 0 Å². The van der Waals surface area contributed by atoms with Gasteiger partial charge in [0.1, 0.15) is 0 Å². The molecule has 9 heavy (non-hydrogen) atoms. The Morgan fingerprint density at radius 3 is 2.44 bits per heavy atom. The number of carbonyl (C=O) groups is 1. The first-order valence-electron chi connectivity index (χ1n) is 2.70. The monoisotopic (exact) mass is 131 g/mol. The molecule has 1 fully saturated rings. The number of methoxy groups -OCH3 is 1. The second-order valence-electron chi connectivity index (χ2n) is 2.13. The predicted octanol–water partition coefficient (Wildman–Crippen LogP) is -1.51. The second-order valence-corrected chi connectivity index (χ2v) is 2.13. The van der Waals surface area contributed by atoms with Gasteiger partial charge >= 0.3 is 5.97 Å². The molecule has 0 spiro atoms. The molecule has 0 unspecified atom stereocenters. The van der Waals surface area contributed by atoms with Gasteiger partial charge < -0.3 is 15.2 Å². The van der Waals surface area contributed by atoms with Crippen LogP contribution >= 0.6 is 0 Å². The minimum absolute atomic E-state index is 0.305. The van der Waals surface area contributed by atoms with E-state index < -0.39 is 11.6 Å². The van der Waals surface area contributed by atoms with Crippen molar-refractivity contribution in [3.05, 3.63) is 0 Å². The van der Waals surface area contributed by atoms with Crippen molar-refractivity contribution in [2.24, 2.45) is 0 Å². The SMILES string of the molecule is COC(=O)C1(O)CNC1. The highest BCUT2D eigenvalue weighted by Crippen LogP contribution is 2.10. The molecule has 0 radical (unpaired) electrons. The molecule has 1 aliphatic rings.